The quantitative estimate of drug-likeness (QED) is 0.250. The Hall–Kier alpha value is -4.76. The third-order valence-electron chi connectivity index (χ3n) is 6.99. The number of H-pyrrole nitrogens is 1. The summed E-state index contributed by atoms with van der Waals surface area (Å²) in [5.74, 6) is -1.43. The topological polar surface area (TPSA) is 107 Å². The highest BCUT2D eigenvalue weighted by Gasteiger charge is 2.36. The lowest BCUT2D eigenvalue weighted by Gasteiger charge is -2.23. The molecular weight excluding hydrogens is 506 g/mol. The van der Waals surface area contributed by atoms with E-state index in [2.05, 4.69) is 10.3 Å². The first-order chi connectivity index (χ1) is 19.2. The highest BCUT2D eigenvalue weighted by molar-refractivity contribution is 6.24. The van der Waals surface area contributed by atoms with Crippen LogP contribution >= 0.6 is 0 Å². The van der Waals surface area contributed by atoms with Crippen LogP contribution in [0.3, 0.4) is 0 Å². The Morgan fingerprint density at radius 3 is 2.40 bits per heavy atom. The number of hydrogen-bond acceptors (Lipinski definition) is 6. The van der Waals surface area contributed by atoms with Crippen molar-refractivity contribution in [2.75, 3.05) is 44.5 Å². The number of carbonyl (C=O) groups is 3. The molecule has 2 amide bonds. The van der Waals surface area contributed by atoms with Gasteiger partial charge in [-0.1, -0.05) is 12.1 Å². The summed E-state index contributed by atoms with van der Waals surface area (Å²) in [6, 6.07) is 20.4. The molecule has 0 saturated heterocycles. The van der Waals surface area contributed by atoms with E-state index >= 15 is 0 Å². The molecule has 0 fully saturated rings. The Bertz CT molecular complexity index is 1620. The number of esters is 1. The minimum absolute atomic E-state index is 0.0378. The first-order valence-corrected chi connectivity index (χ1v) is 13.0. The zero-order chi connectivity index (χ0) is 28.4. The van der Waals surface area contributed by atoms with Gasteiger partial charge in [-0.05, 0) is 79.8 Å². The number of ether oxygens (including phenoxy) is 1. The molecule has 1 aliphatic heterocycles. The fourth-order valence-corrected chi connectivity index (χ4v) is 4.90. The van der Waals surface area contributed by atoms with Gasteiger partial charge in [0.05, 0.1) is 24.1 Å². The van der Waals surface area contributed by atoms with Crippen molar-refractivity contribution < 1.29 is 19.1 Å². The van der Waals surface area contributed by atoms with Gasteiger partial charge in [-0.3, -0.25) is 14.6 Å². The highest BCUT2D eigenvalue weighted by atomic mass is 16.5. The van der Waals surface area contributed by atoms with Gasteiger partial charge in [-0.15, -0.1) is 0 Å². The van der Waals surface area contributed by atoms with E-state index in [1.54, 1.807) is 30.0 Å². The molecule has 0 bridgehead atoms. The van der Waals surface area contributed by atoms with Crippen molar-refractivity contribution in [3.8, 4) is 0 Å². The number of nitrogens with zero attached hydrogens (tertiary/aromatic N) is 3. The molecule has 5 rings (SSSR count). The van der Waals surface area contributed by atoms with E-state index in [4.69, 9.17) is 9.73 Å². The summed E-state index contributed by atoms with van der Waals surface area (Å²) in [5.41, 5.74) is 5.43. The number of aromatic amines is 1. The van der Waals surface area contributed by atoms with Crippen LogP contribution < -0.4 is 10.2 Å². The maximum Gasteiger partial charge on any atom is 0.337 e. The second-order valence-corrected chi connectivity index (χ2v) is 9.98. The zero-order valence-corrected chi connectivity index (χ0v) is 22.9. The Morgan fingerprint density at radius 1 is 0.950 bits per heavy atom. The molecule has 1 atom stereocenters. The Kier molecular flexibility index (Phi) is 7.48. The van der Waals surface area contributed by atoms with Gasteiger partial charge in [0.25, 0.3) is 0 Å². The van der Waals surface area contributed by atoms with E-state index in [1.807, 2.05) is 73.7 Å². The molecule has 0 radical (unpaired) electrons. The largest absolute Gasteiger partial charge is 0.465 e. The second-order valence-electron chi connectivity index (χ2n) is 9.98. The molecule has 9 nitrogen and oxygen atoms in total. The Labute approximate surface area is 232 Å². The average molecular weight is 538 g/mol. The third-order valence-corrected chi connectivity index (χ3v) is 6.99. The van der Waals surface area contributed by atoms with E-state index in [-0.39, 0.29) is 11.8 Å². The van der Waals surface area contributed by atoms with Crippen molar-refractivity contribution in [3.63, 3.8) is 0 Å². The number of rotatable bonds is 8. The Balaban J connectivity index is 1.57. The molecule has 1 aliphatic rings. The van der Waals surface area contributed by atoms with Crippen molar-refractivity contribution in [2.45, 2.75) is 12.8 Å². The van der Waals surface area contributed by atoms with Crippen LogP contribution in [-0.4, -0.2) is 67.7 Å². The van der Waals surface area contributed by atoms with E-state index < -0.39 is 11.9 Å². The highest BCUT2D eigenvalue weighted by Crippen LogP contribution is 2.37. The van der Waals surface area contributed by atoms with Crippen LogP contribution in [-0.2, 0) is 14.3 Å². The number of methoxy groups -OCH3 is 1. The van der Waals surface area contributed by atoms with Crippen molar-refractivity contribution in [3.05, 3.63) is 89.6 Å². The lowest BCUT2D eigenvalue weighted by molar-refractivity contribution is -0.117. The molecule has 1 aromatic heterocycles. The number of likely N-dealkylation sites (N-methyl/N-ethyl adjacent to an activating group) is 1. The van der Waals surface area contributed by atoms with Gasteiger partial charge >= 0.3 is 5.97 Å². The van der Waals surface area contributed by atoms with E-state index in [0.29, 0.717) is 29.2 Å². The molecular formula is C31H31N5O4. The first kappa shape index (κ1) is 26.8. The smallest absolute Gasteiger partial charge is 0.337 e. The second kappa shape index (κ2) is 11.2. The molecule has 1 unspecified atom stereocenters. The van der Waals surface area contributed by atoms with Crippen LogP contribution in [0, 0.1) is 0 Å². The molecule has 0 aliphatic carbocycles. The molecule has 40 heavy (non-hydrogen) atoms. The maximum absolute atomic E-state index is 13.4. The average Bonchev–Trinajstić information content (AvgIpc) is 3.54. The van der Waals surface area contributed by atoms with Crippen molar-refractivity contribution in [2.24, 2.45) is 4.99 Å². The summed E-state index contributed by atoms with van der Waals surface area (Å²) in [5, 5.41) is 3.91. The predicted octanol–water partition coefficient (Wildman–Crippen LogP) is 4.73. The van der Waals surface area contributed by atoms with Gasteiger partial charge in [0.15, 0.2) is 0 Å². The van der Waals surface area contributed by atoms with Gasteiger partial charge in [0.2, 0.25) is 11.8 Å². The maximum atomic E-state index is 13.4. The summed E-state index contributed by atoms with van der Waals surface area (Å²) in [6.07, 6.45) is 1.87. The van der Waals surface area contributed by atoms with Crippen LogP contribution in [0.4, 0.5) is 17.1 Å². The van der Waals surface area contributed by atoms with Crippen molar-refractivity contribution in [1.29, 1.82) is 0 Å². The summed E-state index contributed by atoms with van der Waals surface area (Å²) >= 11 is 0. The number of hydrogen-bond donors (Lipinski definition) is 2. The van der Waals surface area contributed by atoms with Gasteiger partial charge in [0, 0.05) is 48.5 Å². The standard InChI is InChI=1S/C31H31N5O4/c1-19(37)36(16-15-35(2)3)24-9-7-23(8-10-24)33-29(21-6-12-26-20(17-21)13-14-32-26)28-25-11-5-22(31(39)40-4)18-27(25)34-30(28)38/h5-14,17-18,28,32H,15-16H2,1-4H3,(H,34,38). The zero-order valence-electron chi connectivity index (χ0n) is 22.9. The molecule has 3 aromatic carbocycles. The van der Waals surface area contributed by atoms with Crippen LogP contribution in [0.15, 0.2) is 77.9 Å². The fourth-order valence-electron chi connectivity index (χ4n) is 4.90. The number of amides is 2. The van der Waals surface area contributed by atoms with Crippen LogP contribution in [0.25, 0.3) is 10.9 Å². The number of nitrogens with one attached hydrogen (secondary N) is 2. The monoisotopic (exact) mass is 537 g/mol. The number of aromatic nitrogens is 1. The summed E-state index contributed by atoms with van der Waals surface area (Å²) in [7, 11) is 5.26. The molecule has 4 aromatic rings. The fraction of sp³-hybridized carbons (Fsp3) is 0.226. The van der Waals surface area contributed by atoms with Gasteiger partial charge < -0.3 is 24.8 Å². The van der Waals surface area contributed by atoms with Crippen molar-refractivity contribution >= 4 is 51.5 Å². The SMILES string of the molecule is COC(=O)c1ccc2c(c1)NC(=O)C2C(=Nc1ccc(N(CCN(C)C)C(C)=O)cc1)c1ccc2[nH]ccc2c1. The van der Waals surface area contributed by atoms with Crippen LogP contribution in [0.5, 0.6) is 0 Å². The summed E-state index contributed by atoms with van der Waals surface area (Å²) < 4.78 is 4.84. The number of fused-ring (bicyclic) bond motifs is 2. The third kappa shape index (κ3) is 5.37. The Morgan fingerprint density at radius 2 is 1.70 bits per heavy atom. The lowest BCUT2D eigenvalue weighted by Crippen LogP contribution is -2.35. The summed E-state index contributed by atoms with van der Waals surface area (Å²) in [6.45, 7) is 2.86. The van der Waals surface area contributed by atoms with Gasteiger partial charge in [0.1, 0.15) is 5.92 Å². The first-order valence-electron chi connectivity index (χ1n) is 13.0. The molecule has 2 N–H and O–H groups in total. The van der Waals surface area contributed by atoms with E-state index in [0.717, 1.165) is 34.3 Å². The molecule has 2 heterocycles. The van der Waals surface area contributed by atoms with Crippen molar-refractivity contribution in [1.82, 2.24) is 9.88 Å². The number of anilines is 2. The molecule has 204 valence electrons. The van der Waals surface area contributed by atoms with Crippen LogP contribution in [0.1, 0.15) is 34.3 Å². The van der Waals surface area contributed by atoms with Gasteiger partial charge in [-0.2, -0.15) is 0 Å². The minimum Gasteiger partial charge on any atom is -0.465 e. The van der Waals surface area contributed by atoms with E-state index in [9.17, 15) is 14.4 Å². The molecule has 0 spiro atoms. The van der Waals surface area contributed by atoms with E-state index in [1.165, 1.54) is 7.11 Å². The van der Waals surface area contributed by atoms with Gasteiger partial charge in [-0.25, -0.2) is 4.79 Å². The normalized spacial score (nSPS) is 14.8. The number of benzene rings is 3. The molecule has 9 heteroatoms. The summed E-state index contributed by atoms with van der Waals surface area (Å²) in [4.78, 5) is 49.7. The lowest BCUT2D eigenvalue weighted by atomic mass is 9.89. The minimum atomic E-state index is -0.688. The van der Waals surface area contributed by atoms with Crippen LogP contribution in [0.2, 0.25) is 0 Å². The number of aliphatic imine (C=N–C) groups is 1. The molecule has 0 saturated carbocycles. The number of carbonyl (C=O) groups excluding carboxylic acids is 3. The predicted molar refractivity (Wildman–Crippen MR) is 157 cm³/mol.